The van der Waals surface area contributed by atoms with Crippen molar-refractivity contribution < 1.29 is 4.79 Å². The van der Waals surface area contributed by atoms with Crippen LogP contribution >= 0.6 is 0 Å². The van der Waals surface area contributed by atoms with Gasteiger partial charge >= 0.3 is 0 Å². The molecule has 1 N–H and O–H groups in total. The monoisotopic (exact) mass is 283 g/mol. The molecule has 0 unspecified atom stereocenters. The van der Waals surface area contributed by atoms with Crippen LogP contribution in [-0.4, -0.2) is 15.9 Å². The molecule has 110 valence electrons. The van der Waals surface area contributed by atoms with Gasteiger partial charge in [0.05, 0.1) is 11.3 Å². The van der Waals surface area contributed by atoms with Crippen LogP contribution in [0.5, 0.6) is 0 Å². The Kier molecular flexibility index (Phi) is 4.68. The third-order valence-corrected chi connectivity index (χ3v) is 3.41. The molecule has 1 aromatic heterocycles. The average Bonchev–Trinajstić information content (AvgIpc) is 2.47. The number of aryl methyl sites for hydroxylation is 2. The van der Waals surface area contributed by atoms with E-state index in [4.69, 9.17) is 0 Å². The first-order valence-electron chi connectivity index (χ1n) is 7.25. The third kappa shape index (κ3) is 3.45. The van der Waals surface area contributed by atoms with Crippen molar-refractivity contribution in [2.75, 3.05) is 5.32 Å². The highest BCUT2D eigenvalue weighted by Crippen LogP contribution is 2.18. The lowest BCUT2D eigenvalue weighted by molar-refractivity contribution is 0.102. The Bertz CT molecular complexity index is 650. The van der Waals surface area contributed by atoms with Gasteiger partial charge in [-0.1, -0.05) is 39.0 Å². The SMILES string of the molecule is CCc1ccccc1NC(=O)c1cnc(C(C)C)nc1C. The van der Waals surface area contributed by atoms with Crippen LogP contribution in [0.15, 0.2) is 30.5 Å². The maximum atomic E-state index is 12.4. The predicted molar refractivity (Wildman–Crippen MR) is 84.6 cm³/mol. The fraction of sp³-hybridized carbons (Fsp3) is 0.353. The molecule has 4 heteroatoms. The molecule has 2 aromatic rings. The summed E-state index contributed by atoms with van der Waals surface area (Å²) in [5.41, 5.74) is 3.19. The normalized spacial score (nSPS) is 10.7. The Balaban J connectivity index is 2.24. The van der Waals surface area contributed by atoms with E-state index in [-0.39, 0.29) is 11.8 Å². The van der Waals surface area contributed by atoms with Crippen LogP contribution in [0.1, 0.15) is 54.1 Å². The number of benzene rings is 1. The molecule has 2 rings (SSSR count). The Hall–Kier alpha value is -2.23. The molecule has 0 saturated heterocycles. The van der Waals surface area contributed by atoms with Crippen molar-refractivity contribution in [3.63, 3.8) is 0 Å². The second-order valence-electron chi connectivity index (χ2n) is 5.35. The summed E-state index contributed by atoms with van der Waals surface area (Å²) in [6.45, 7) is 7.98. The lowest BCUT2D eigenvalue weighted by Crippen LogP contribution is -2.16. The second kappa shape index (κ2) is 6.48. The van der Waals surface area contributed by atoms with E-state index in [2.05, 4.69) is 22.2 Å². The van der Waals surface area contributed by atoms with E-state index >= 15 is 0 Å². The molecule has 0 aliphatic heterocycles. The van der Waals surface area contributed by atoms with Gasteiger partial charge in [-0.2, -0.15) is 0 Å². The van der Waals surface area contributed by atoms with E-state index in [1.54, 1.807) is 6.20 Å². The zero-order chi connectivity index (χ0) is 15.4. The van der Waals surface area contributed by atoms with Gasteiger partial charge in [-0.05, 0) is 25.0 Å². The van der Waals surface area contributed by atoms with E-state index < -0.39 is 0 Å². The largest absolute Gasteiger partial charge is 0.322 e. The van der Waals surface area contributed by atoms with Gasteiger partial charge < -0.3 is 5.32 Å². The van der Waals surface area contributed by atoms with Crippen LogP contribution in [0.2, 0.25) is 0 Å². The highest BCUT2D eigenvalue weighted by molar-refractivity contribution is 6.05. The maximum Gasteiger partial charge on any atom is 0.259 e. The van der Waals surface area contributed by atoms with Crippen LogP contribution < -0.4 is 5.32 Å². The summed E-state index contributed by atoms with van der Waals surface area (Å²) in [5.74, 6) is 0.850. The summed E-state index contributed by atoms with van der Waals surface area (Å²) in [6.07, 6.45) is 2.49. The summed E-state index contributed by atoms with van der Waals surface area (Å²) < 4.78 is 0. The van der Waals surface area contributed by atoms with Gasteiger partial charge in [-0.15, -0.1) is 0 Å². The smallest absolute Gasteiger partial charge is 0.259 e. The Morgan fingerprint density at radius 1 is 1.29 bits per heavy atom. The number of nitrogens with one attached hydrogen (secondary N) is 1. The lowest BCUT2D eigenvalue weighted by Gasteiger charge is -2.11. The number of carbonyl (C=O) groups is 1. The Morgan fingerprint density at radius 2 is 2.00 bits per heavy atom. The number of hydrogen-bond donors (Lipinski definition) is 1. The standard InChI is InChI=1S/C17H21N3O/c1-5-13-8-6-7-9-15(13)20-17(21)14-10-18-16(11(2)3)19-12(14)4/h6-11H,5H2,1-4H3,(H,20,21). The molecule has 0 bridgehead atoms. The first kappa shape index (κ1) is 15.2. The van der Waals surface area contributed by atoms with E-state index in [9.17, 15) is 4.79 Å². The van der Waals surface area contributed by atoms with Gasteiger partial charge in [0, 0.05) is 17.8 Å². The van der Waals surface area contributed by atoms with E-state index in [1.807, 2.05) is 45.0 Å². The zero-order valence-electron chi connectivity index (χ0n) is 13.0. The number of nitrogens with zero attached hydrogens (tertiary/aromatic N) is 2. The highest BCUT2D eigenvalue weighted by atomic mass is 16.1. The average molecular weight is 283 g/mol. The zero-order valence-corrected chi connectivity index (χ0v) is 13.0. The predicted octanol–water partition coefficient (Wildman–Crippen LogP) is 3.72. The van der Waals surface area contributed by atoms with Crippen LogP contribution in [0.4, 0.5) is 5.69 Å². The van der Waals surface area contributed by atoms with Crippen molar-refractivity contribution in [3.05, 3.63) is 53.1 Å². The van der Waals surface area contributed by atoms with Crippen molar-refractivity contribution in [1.29, 1.82) is 0 Å². The van der Waals surface area contributed by atoms with Crippen LogP contribution in [0.3, 0.4) is 0 Å². The van der Waals surface area contributed by atoms with Crippen LogP contribution in [-0.2, 0) is 6.42 Å². The van der Waals surface area contributed by atoms with Gasteiger partial charge in [0.1, 0.15) is 5.82 Å². The van der Waals surface area contributed by atoms with Crippen molar-refractivity contribution in [1.82, 2.24) is 9.97 Å². The molecule has 0 aliphatic carbocycles. The topological polar surface area (TPSA) is 54.9 Å². The summed E-state index contributed by atoms with van der Waals surface area (Å²) >= 11 is 0. The van der Waals surface area contributed by atoms with Gasteiger partial charge in [-0.25, -0.2) is 9.97 Å². The minimum absolute atomic E-state index is 0.163. The Morgan fingerprint density at radius 3 is 2.62 bits per heavy atom. The van der Waals surface area contributed by atoms with E-state index in [1.165, 1.54) is 0 Å². The second-order valence-corrected chi connectivity index (χ2v) is 5.35. The summed E-state index contributed by atoms with van der Waals surface area (Å²) in [4.78, 5) is 21.1. The lowest BCUT2D eigenvalue weighted by atomic mass is 10.1. The molecule has 1 amide bonds. The van der Waals surface area contributed by atoms with Gasteiger partial charge in [0.2, 0.25) is 0 Å². The molecule has 0 spiro atoms. The molecule has 21 heavy (non-hydrogen) atoms. The molecule has 0 aliphatic rings. The molecule has 0 saturated carbocycles. The number of aromatic nitrogens is 2. The number of rotatable bonds is 4. The molecule has 1 aromatic carbocycles. The summed E-state index contributed by atoms with van der Waals surface area (Å²) in [6, 6.07) is 7.82. The third-order valence-electron chi connectivity index (χ3n) is 3.41. The number of para-hydroxylation sites is 1. The minimum atomic E-state index is -0.163. The quantitative estimate of drug-likeness (QED) is 0.930. The first-order chi connectivity index (χ1) is 10.0. The van der Waals surface area contributed by atoms with Crippen molar-refractivity contribution >= 4 is 11.6 Å². The summed E-state index contributed by atoms with van der Waals surface area (Å²) in [5, 5.41) is 2.95. The summed E-state index contributed by atoms with van der Waals surface area (Å²) in [7, 11) is 0. The number of carbonyl (C=O) groups excluding carboxylic acids is 1. The highest BCUT2D eigenvalue weighted by Gasteiger charge is 2.14. The number of anilines is 1. The number of amides is 1. The number of hydrogen-bond acceptors (Lipinski definition) is 3. The molecule has 0 fully saturated rings. The fourth-order valence-corrected chi connectivity index (χ4v) is 2.13. The van der Waals surface area contributed by atoms with E-state index in [0.717, 1.165) is 23.5 Å². The molecular formula is C17H21N3O. The van der Waals surface area contributed by atoms with Gasteiger partial charge in [-0.3, -0.25) is 4.79 Å². The molecule has 1 heterocycles. The van der Waals surface area contributed by atoms with Gasteiger partial charge in [0.25, 0.3) is 5.91 Å². The van der Waals surface area contributed by atoms with Crippen LogP contribution in [0, 0.1) is 6.92 Å². The molecular weight excluding hydrogens is 262 g/mol. The maximum absolute atomic E-state index is 12.4. The van der Waals surface area contributed by atoms with Crippen LogP contribution in [0.25, 0.3) is 0 Å². The molecule has 0 radical (unpaired) electrons. The Labute approximate surface area is 125 Å². The fourth-order valence-electron chi connectivity index (χ4n) is 2.13. The van der Waals surface area contributed by atoms with E-state index in [0.29, 0.717) is 11.3 Å². The van der Waals surface area contributed by atoms with Crippen molar-refractivity contribution in [2.45, 2.75) is 40.0 Å². The van der Waals surface area contributed by atoms with Crippen molar-refractivity contribution in [3.8, 4) is 0 Å². The minimum Gasteiger partial charge on any atom is -0.322 e. The molecule has 4 nitrogen and oxygen atoms in total. The first-order valence-corrected chi connectivity index (χ1v) is 7.25. The van der Waals surface area contributed by atoms with Gasteiger partial charge in [0.15, 0.2) is 0 Å². The molecule has 0 atom stereocenters. The van der Waals surface area contributed by atoms with Crippen molar-refractivity contribution in [2.24, 2.45) is 0 Å².